The Bertz CT molecular complexity index is 453. The Hall–Kier alpha value is -1.26. The number of aromatic nitrogens is 1. The van der Waals surface area contributed by atoms with E-state index in [2.05, 4.69) is 16.9 Å². The molecule has 0 saturated heterocycles. The summed E-state index contributed by atoms with van der Waals surface area (Å²) in [5.41, 5.74) is 1.19. The standard InChI is InChI=1S/C14H17FN2S/c1-17(11-14-16-8-10-18-14)9-2-3-12-4-6-13(15)7-5-12/h4-8,10H,2-3,9,11H2,1H3. The van der Waals surface area contributed by atoms with Gasteiger partial charge >= 0.3 is 0 Å². The van der Waals surface area contributed by atoms with Crippen LogP contribution < -0.4 is 0 Å². The summed E-state index contributed by atoms with van der Waals surface area (Å²) in [7, 11) is 2.10. The molecule has 0 saturated carbocycles. The second-order valence-corrected chi connectivity index (χ2v) is 5.37. The molecule has 0 aliphatic heterocycles. The summed E-state index contributed by atoms with van der Waals surface area (Å²) >= 11 is 1.69. The lowest BCUT2D eigenvalue weighted by atomic mass is 10.1. The van der Waals surface area contributed by atoms with Crippen LogP contribution in [0.3, 0.4) is 0 Å². The van der Waals surface area contributed by atoms with Gasteiger partial charge in [-0.25, -0.2) is 9.37 Å². The second-order valence-electron chi connectivity index (χ2n) is 4.39. The normalized spacial score (nSPS) is 11.1. The molecule has 0 N–H and O–H groups in total. The summed E-state index contributed by atoms with van der Waals surface area (Å²) in [6, 6.07) is 6.76. The van der Waals surface area contributed by atoms with Crippen LogP contribution >= 0.6 is 11.3 Å². The number of rotatable bonds is 6. The predicted molar refractivity (Wildman–Crippen MR) is 73.2 cm³/mol. The van der Waals surface area contributed by atoms with Crippen molar-refractivity contribution in [2.24, 2.45) is 0 Å². The molecule has 18 heavy (non-hydrogen) atoms. The van der Waals surface area contributed by atoms with Crippen molar-refractivity contribution in [1.82, 2.24) is 9.88 Å². The van der Waals surface area contributed by atoms with Gasteiger partial charge in [-0.3, -0.25) is 4.90 Å². The molecular weight excluding hydrogens is 247 g/mol. The van der Waals surface area contributed by atoms with E-state index in [0.717, 1.165) is 30.9 Å². The van der Waals surface area contributed by atoms with E-state index in [0.29, 0.717) is 0 Å². The molecule has 4 heteroatoms. The van der Waals surface area contributed by atoms with E-state index in [9.17, 15) is 4.39 Å². The highest BCUT2D eigenvalue weighted by Crippen LogP contribution is 2.09. The zero-order chi connectivity index (χ0) is 12.8. The highest BCUT2D eigenvalue weighted by molar-refractivity contribution is 7.09. The van der Waals surface area contributed by atoms with E-state index in [1.807, 2.05) is 23.7 Å². The Kier molecular flexibility index (Phi) is 4.84. The van der Waals surface area contributed by atoms with E-state index in [1.54, 1.807) is 11.3 Å². The van der Waals surface area contributed by atoms with Gasteiger partial charge in [-0.15, -0.1) is 11.3 Å². The van der Waals surface area contributed by atoms with Gasteiger partial charge in [0.1, 0.15) is 10.8 Å². The highest BCUT2D eigenvalue weighted by Gasteiger charge is 2.02. The summed E-state index contributed by atoms with van der Waals surface area (Å²) in [4.78, 5) is 6.53. The van der Waals surface area contributed by atoms with Crippen LogP contribution in [0.5, 0.6) is 0 Å². The lowest BCUT2D eigenvalue weighted by Gasteiger charge is -2.14. The Labute approximate surface area is 111 Å². The molecule has 1 heterocycles. The maximum atomic E-state index is 12.7. The number of aryl methyl sites for hydroxylation is 1. The fourth-order valence-electron chi connectivity index (χ4n) is 1.85. The minimum absolute atomic E-state index is 0.167. The van der Waals surface area contributed by atoms with E-state index < -0.39 is 0 Å². The molecule has 1 aromatic carbocycles. The number of hydrogen-bond acceptors (Lipinski definition) is 3. The van der Waals surface area contributed by atoms with Crippen LogP contribution in [0.25, 0.3) is 0 Å². The van der Waals surface area contributed by atoms with Crippen molar-refractivity contribution in [3.63, 3.8) is 0 Å². The molecule has 0 atom stereocenters. The molecule has 2 nitrogen and oxygen atoms in total. The van der Waals surface area contributed by atoms with Crippen molar-refractivity contribution in [2.75, 3.05) is 13.6 Å². The van der Waals surface area contributed by atoms with Gasteiger partial charge in [0.15, 0.2) is 0 Å². The SMILES string of the molecule is CN(CCCc1ccc(F)cc1)Cc1nccs1. The van der Waals surface area contributed by atoms with Crippen molar-refractivity contribution in [1.29, 1.82) is 0 Å². The molecule has 0 amide bonds. The summed E-state index contributed by atoms with van der Waals surface area (Å²) in [5, 5.41) is 3.15. The van der Waals surface area contributed by atoms with E-state index in [1.165, 1.54) is 17.7 Å². The Morgan fingerprint density at radius 3 is 2.72 bits per heavy atom. The number of benzene rings is 1. The van der Waals surface area contributed by atoms with Crippen LogP contribution in [0.4, 0.5) is 4.39 Å². The lowest BCUT2D eigenvalue weighted by molar-refractivity contribution is 0.321. The van der Waals surface area contributed by atoms with Crippen LogP contribution in [0.2, 0.25) is 0 Å². The van der Waals surface area contributed by atoms with Crippen LogP contribution in [0.1, 0.15) is 17.0 Å². The predicted octanol–water partition coefficient (Wildman–Crippen LogP) is 3.35. The van der Waals surface area contributed by atoms with E-state index in [-0.39, 0.29) is 5.82 Å². The smallest absolute Gasteiger partial charge is 0.123 e. The molecule has 0 aliphatic carbocycles. The highest BCUT2D eigenvalue weighted by atomic mass is 32.1. The number of hydrogen-bond donors (Lipinski definition) is 0. The Morgan fingerprint density at radius 1 is 1.28 bits per heavy atom. The van der Waals surface area contributed by atoms with Crippen LogP contribution in [-0.2, 0) is 13.0 Å². The quantitative estimate of drug-likeness (QED) is 0.795. The lowest BCUT2D eigenvalue weighted by Crippen LogP contribution is -2.19. The van der Waals surface area contributed by atoms with Crippen molar-refractivity contribution >= 4 is 11.3 Å². The largest absolute Gasteiger partial charge is 0.300 e. The minimum atomic E-state index is -0.167. The number of nitrogens with zero attached hydrogens (tertiary/aromatic N) is 2. The third-order valence-corrected chi connectivity index (χ3v) is 3.57. The fraction of sp³-hybridized carbons (Fsp3) is 0.357. The van der Waals surface area contributed by atoms with Gasteiger partial charge in [0.25, 0.3) is 0 Å². The average Bonchev–Trinajstić information content (AvgIpc) is 2.84. The fourth-order valence-corrected chi connectivity index (χ4v) is 2.54. The third-order valence-electron chi connectivity index (χ3n) is 2.81. The van der Waals surface area contributed by atoms with E-state index in [4.69, 9.17) is 0 Å². The van der Waals surface area contributed by atoms with Gasteiger partial charge in [-0.05, 0) is 44.1 Å². The summed E-state index contributed by atoms with van der Waals surface area (Å²) in [6.45, 7) is 1.93. The summed E-state index contributed by atoms with van der Waals surface area (Å²) in [5.74, 6) is -0.167. The van der Waals surface area contributed by atoms with Gasteiger partial charge in [-0.1, -0.05) is 12.1 Å². The molecule has 0 aliphatic rings. The molecule has 2 aromatic rings. The van der Waals surface area contributed by atoms with Gasteiger partial charge in [0.2, 0.25) is 0 Å². The van der Waals surface area contributed by atoms with Crippen molar-refractivity contribution in [3.8, 4) is 0 Å². The van der Waals surface area contributed by atoms with Crippen molar-refractivity contribution in [3.05, 3.63) is 52.2 Å². The second kappa shape index (κ2) is 6.61. The van der Waals surface area contributed by atoms with Gasteiger partial charge in [0, 0.05) is 11.6 Å². The first-order chi connectivity index (χ1) is 8.74. The number of thiazole rings is 1. The number of halogens is 1. The Balaban J connectivity index is 1.70. The van der Waals surface area contributed by atoms with E-state index >= 15 is 0 Å². The molecule has 0 fully saturated rings. The molecule has 0 unspecified atom stereocenters. The summed E-state index contributed by atoms with van der Waals surface area (Å²) < 4.78 is 12.7. The molecule has 2 rings (SSSR count). The molecule has 0 radical (unpaired) electrons. The van der Waals surface area contributed by atoms with Gasteiger partial charge in [0.05, 0.1) is 6.54 Å². The van der Waals surface area contributed by atoms with Gasteiger partial charge < -0.3 is 0 Å². The Morgan fingerprint density at radius 2 is 2.06 bits per heavy atom. The van der Waals surface area contributed by atoms with Crippen LogP contribution in [0.15, 0.2) is 35.8 Å². The average molecular weight is 264 g/mol. The van der Waals surface area contributed by atoms with Crippen molar-refractivity contribution < 1.29 is 4.39 Å². The zero-order valence-corrected chi connectivity index (χ0v) is 11.3. The topological polar surface area (TPSA) is 16.1 Å². The third kappa shape index (κ3) is 4.20. The molecule has 1 aromatic heterocycles. The molecule has 96 valence electrons. The minimum Gasteiger partial charge on any atom is -0.300 e. The first-order valence-electron chi connectivity index (χ1n) is 6.05. The first-order valence-corrected chi connectivity index (χ1v) is 6.93. The molecular formula is C14H17FN2S. The monoisotopic (exact) mass is 264 g/mol. The maximum absolute atomic E-state index is 12.7. The van der Waals surface area contributed by atoms with Crippen molar-refractivity contribution in [2.45, 2.75) is 19.4 Å². The summed E-state index contributed by atoms with van der Waals surface area (Å²) in [6.07, 6.45) is 3.91. The van der Waals surface area contributed by atoms with Gasteiger partial charge in [-0.2, -0.15) is 0 Å². The molecule has 0 bridgehead atoms. The van der Waals surface area contributed by atoms with Crippen LogP contribution in [-0.4, -0.2) is 23.5 Å². The van der Waals surface area contributed by atoms with Crippen LogP contribution in [0, 0.1) is 5.82 Å². The molecule has 0 spiro atoms. The zero-order valence-electron chi connectivity index (χ0n) is 10.5. The first kappa shape index (κ1) is 13.2. The maximum Gasteiger partial charge on any atom is 0.123 e.